The summed E-state index contributed by atoms with van der Waals surface area (Å²) in [7, 11) is 0. The number of benzene rings is 2. The molecule has 1 aliphatic heterocycles. The highest BCUT2D eigenvalue weighted by Crippen LogP contribution is 2.17. The quantitative estimate of drug-likeness (QED) is 0.843. The van der Waals surface area contributed by atoms with E-state index in [9.17, 15) is 0 Å². The standard InChI is InChI=1S/C18H20NO/c1-2-4-16(5-3-1)6-7-17-8-10-18(11-9-17)19-12-14-20-15-13-19/h1-2,4-5,8-11H,6-7,12-15H2. The van der Waals surface area contributed by atoms with Crippen molar-refractivity contribution in [3.8, 4) is 0 Å². The molecule has 1 fully saturated rings. The Morgan fingerprint density at radius 1 is 0.950 bits per heavy atom. The fourth-order valence-electron chi connectivity index (χ4n) is 2.57. The average molecular weight is 266 g/mol. The molecule has 2 nitrogen and oxygen atoms in total. The van der Waals surface area contributed by atoms with E-state index in [0.29, 0.717) is 0 Å². The zero-order valence-corrected chi connectivity index (χ0v) is 11.7. The van der Waals surface area contributed by atoms with Crippen LogP contribution in [0, 0.1) is 6.07 Å². The Morgan fingerprint density at radius 3 is 2.40 bits per heavy atom. The van der Waals surface area contributed by atoms with Crippen LogP contribution in [0.25, 0.3) is 0 Å². The third-order valence-electron chi connectivity index (χ3n) is 3.79. The Balaban J connectivity index is 1.58. The maximum atomic E-state index is 5.39. The smallest absolute Gasteiger partial charge is 0.0642 e. The van der Waals surface area contributed by atoms with Crippen molar-refractivity contribution in [2.75, 3.05) is 31.2 Å². The number of rotatable bonds is 4. The van der Waals surface area contributed by atoms with Crippen LogP contribution in [0.1, 0.15) is 11.1 Å². The minimum Gasteiger partial charge on any atom is -0.378 e. The number of morpholine rings is 1. The predicted molar refractivity (Wildman–Crippen MR) is 82.2 cm³/mol. The normalized spacial score (nSPS) is 15.3. The molecule has 0 spiro atoms. The highest BCUT2D eigenvalue weighted by atomic mass is 16.5. The molecule has 0 N–H and O–H groups in total. The van der Waals surface area contributed by atoms with Gasteiger partial charge >= 0.3 is 0 Å². The van der Waals surface area contributed by atoms with Gasteiger partial charge in [-0.05, 0) is 42.2 Å². The SMILES string of the molecule is [c]1cccc(CCc2ccc(N3CCOCC3)cc2)c1. The van der Waals surface area contributed by atoms with Gasteiger partial charge in [-0.25, -0.2) is 0 Å². The number of hydrogen-bond donors (Lipinski definition) is 0. The van der Waals surface area contributed by atoms with Gasteiger partial charge in [0.15, 0.2) is 0 Å². The Hall–Kier alpha value is -1.80. The van der Waals surface area contributed by atoms with Crippen molar-refractivity contribution in [2.24, 2.45) is 0 Å². The number of anilines is 1. The molecular weight excluding hydrogens is 246 g/mol. The summed E-state index contributed by atoms with van der Waals surface area (Å²) < 4.78 is 5.39. The van der Waals surface area contributed by atoms with E-state index in [1.165, 1.54) is 16.8 Å². The maximum absolute atomic E-state index is 5.39. The van der Waals surface area contributed by atoms with E-state index in [2.05, 4.69) is 53.4 Å². The second-order valence-corrected chi connectivity index (χ2v) is 5.18. The van der Waals surface area contributed by atoms with Crippen molar-refractivity contribution in [2.45, 2.75) is 12.8 Å². The van der Waals surface area contributed by atoms with Crippen LogP contribution in [0.3, 0.4) is 0 Å². The van der Waals surface area contributed by atoms with Crippen molar-refractivity contribution < 1.29 is 4.74 Å². The third-order valence-corrected chi connectivity index (χ3v) is 3.79. The molecule has 1 radical (unpaired) electrons. The number of aryl methyl sites for hydroxylation is 2. The third kappa shape index (κ3) is 3.40. The van der Waals surface area contributed by atoms with E-state index in [1.807, 2.05) is 6.07 Å². The van der Waals surface area contributed by atoms with Crippen LogP contribution in [0.15, 0.2) is 48.5 Å². The summed E-state index contributed by atoms with van der Waals surface area (Å²) in [5.74, 6) is 0. The van der Waals surface area contributed by atoms with Gasteiger partial charge in [0.05, 0.1) is 13.2 Å². The van der Waals surface area contributed by atoms with Gasteiger partial charge < -0.3 is 9.64 Å². The van der Waals surface area contributed by atoms with E-state index >= 15 is 0 Å². The number of nitrogens with zero attached hydrogens (tertiary/aromatic N) is 1. The van der Waals surface area contributed by atoms with E-state index in [1.54, 1.807) is 0 Å². The van der Waals surface area contributed by atoms with Crippen LogP contribution in [-0.4, -0.2) is 26.3 Å². The molecule has 1 saturated heterocycles. The predicted octanol–water partition coefficient (Wildman–Crippen LogP) is 3.11. The van der Waals surface area contributed by atoms with Crippen LogP contribution in [0.4, 0.5) is 5.69 Å². The Labute approximate surface area is 121 Å². The average Bonchev–Trinajstić information content (AvgIpc) is 2.55. The molecule has 2 aromatic rings. The summed E-state index contributed by atoms with van der Waals surface area (Å²) in [5, 5.41) is 0. The highest BCUT2D eigenvalue weighted by molar-refractivity contribution is 5.48. The first-order valence-corrected chi connectivity index (χ1v) is 7.28. The lowest BCUT2D eigenvalue weighted by atomic mass is 10.0. The molecule has 0 aliphatic carbocycles. The van der Waals surface area contributed by atoms with Crippen LogP contribution in [0.2, 0.25) is 0 Å². The summed E-state index contributed by atoms with van der Waals surface area (Å²) in [6.45, 7) is 3.68. The summed E-state index contributed by atoms with van der Waals surface area (Å²) >= 11 is 0. The molecule has 0 amide bonds. The molecule has 0 unspecified atom stereocenters. The van der Waals surface area contributed by atoms with E-state index in [-0.39, 0.29) is 0 Å². The lowest BCUT2D eigenvalue weighted by Crippen LogP contribution is -2.36. The zero-order chi connectivity index (χ0) is 13.6. The van der Waals surface area contributed by atoms with E-state index in [0.717, 1.165) is 39.1 Å². The largest absolute Gasteiger partial charge is 0.378 e. The topological polar surface area (TPSA) is 12.5 Å². The van der Waals surface area contributed by atoms with Gasteiger partial charge in [0, 0.05) is 18.8 Å². The second kappa shape index (κ2) is 6.58. The summed E-state index contributed by atoms with van der Waals surface area (Å²) in [6.07, 6.45) is 2.16. The van der Waals surface area contributed by atoms with Gasteiger partial charge in [-0.3, -0.25) is 0 Å². The molecule has 2 heteroatoms. The van der Waals surface area contributed by atoms with Gasteiger partial charge in [-0.2, -0.15) is 0 Å². The molecule has 1 aliphatic rings. The fourth-order valence-corrected chi connectivity index (χ4v) is 2.57. The molecule has 20 heavy (non-hydrogen) atoms. The summed E-state index contributed by atoms with van der Waals surface area (Å²) in [5.41, 5.74) is 4.06. The fraction of sp³-hybridized carbons (Fsp3) is 0.333. The molecule has 2 aromatic carbocycles. The van der Waals surface area contributed by atoms with E-state index in [4.69, 9.17) is 4.74 Å². The van der Waals surface area contributed by atoms with Crippen LogP contribution >= 0.6 is 0 Å². The van der Waals surface area contributed by atoms with Crippen LogP contribution in [-0.2, 0) is 17.6 Å². The molecular formula is C18H20NO. The molecule has 3 rings (SSSR count). The lowest BCUT2D eigenvalue weighted by molar-refractivity contribution is 0.122. The van der Waals surface area contributed by atoms with E-state index < -0.39 is 0 Å². The van der Waals surface area contributed by atoms with Crippen molar-refractivity contribution in [1.29, 1.82) is 0 Å². The van der Waals surface area contributed by atoms with Gasteiger partial charge in [0.1, 0.15) is 0 Å². The minimum atomic E-state index is 0.840. The monoisotopic (exact) mass is 266 g/mol. The summed E-state index contributed by atoms with van der Waals surface area (Å²) in [6, 6.07) is 20.3. The molecule has 0 bridgehead atoms. The highest BCUT2D eigenvalue weighted by Gasteiger charge is 2.10. The van der Waals surface area contributed by atoms with Gasteiger partial charge in [0.25, 0.3) is 0 Å². The van der Waals surface area contributed by atoms with Gasteiger partial charge in [-0.1, -0.05) is 36.4 Å². The number of ether oxygens (including phenoxy) is 1. The molecule has 0 saturated carbocycles. The van der Waals surface area contributed by atoms with Crippen molar-refractivity contribution >= 4 is 5.69 Å². The first-order chi connectivity index (χ1) is 9.92. The van der Waals surface area contributed by atoms with Gasteiger partial charge in [0.2, 0.25) is 0 Å². The van der Waals surface area contributed by atoms with Crippen molar-refractivity contribution in [1.82, 2.24) is 0 Å². The van der Waals surface area contributed by atoms with Crippen molar-refractivity contribution in [3.63, 3.8) is 0 Å². The lowest BCUT2D eigenvalue weighted by Gasteiger charge is -2.28. The second-order valence-electron chi connectivity index (χ2n) is 5.18. The Morgan fingerprint density at radius 2 is 1.70 bits per heavy atom. The maximum Gasteiger partial charge on any atom is 0.0642 e. The minimum absolute atomic E-state index is 0.840. The Kier molecular flexibility index (Phi) is 4.34. The summed E-state index contributed by atoms with van der Waals surface area (Å²) in [4.78, 5) is 2.39. The molecule has 103 valence electrons. The number of hydrogen-bond acceptors (Lipinski definition) is 2. The van der Waals surface area contributed by atoms with Crippen molar-refractivity contribution in [3.05, 3.63) is 65.7 Å². The van der Waals surface area contributed by atoms with Crippen LogP contribution in [0.5, 0.6) is 0 Å². The first kappa shape index (κ1) is 13.2. The van der Waals surface area contributed by atoms with Crippen LogP contribution < -0.4 is 4.90 Å². The molecule has 0 atom stereocenters. The molecule has 0 aromatic heterocycles. The first-order valence-electron chi connectivity index (χ1n) is 7.28. The molecule has 1 heterocycles. The zero-order valence-electron chi connectivity index (χ0n) is 11.7. The Bertz CT molecular complexity index is 515. The van der Waals surface area contributed by atoms with Gasteiger partial charge in [-0.15, -0.1) is 0 Å².